The van der Waals surface area contributed by atoms with Gasteiger partial charge in [0.25, 0.3) is 0 Å². The molecule has 230 valence electrons. The fourth-order valence-corrected chi connectivity index (χ4v) is 5.49. The third kappa shape index (κ3) is 16.7. The van der Waals surface area contributed by atoms with Gasteiger partial charge in [-0.25, -0.2) is 0 Å². The first-order valence-electron chi connectivity index (χ1n) is 16.2. The van der Waals surface area contributed by atoms with E-state index < -0.39 is 11.7 Å². The zero-order chi connectivity index (χ0) is 28.4. The normalized spacial score (nSPS) is 20.3. The summed E-state index contributed by atoms with van der Waals surface area (Å²) in [7, 11) is 0. The Hall–Kier alpha value is -1.06. The van der Waals surface area contributed by atoms with Crippen molar-refractivity contribution in [3.63, 3.8) is 0 Å². The van der Waals surface area contributed by atoms with E-state index in [2.05, 4.69) is 53.7 Å². The molecule has 4 unspecified atom stereocenters. The van der Waals surface area contributed by atoms with Crippen LogP contribution >= 0.6 is 0 Å². The minimum absolute atomic E-state index is 0. The van der Waals surface area contributed by atoms with Crippen molar-refractivity contribution in [2.45, 2.75) is 177 Å². The Labute approximate surface area is 244 Å². The van der Waals surface area contributed by atoms with Crippen LogP contribution in [0.2, 0.25) is 0 Å². The fourth-order valence-electron chi connectivity index (χ4n) is 5.49. The van der Waals surface area contributed by atoms with E-state index in [1.807, 2.05) is 6.92 Å². The van der Waals surface area contributed by atoms with Crippen molar-refractivity contribution in [3.8, 4) is 0 Å². The quantitative estimate of drug-likeness (QED) is 0.104. The molecule has 0 aliphatic heterocycles. The summed E-state index contributed by atoms with van der Waals surface area (Å²) in [4.78, 5) is 0. The van der Waals surface area contributed by atoms with Gasteiger partial charge in [0.05, 0.1) is 18.3 Å². The lowest BCUT2D eigenvalue weighted by Gasteiger charge is -2.29. The van der Waals surface area contributed by atoms with Crippen molar-refractivity contribution in [3.05, 3.63) is 34.6 Å². The molecule has 0 fully saturated rings. The number of allylic oxidation sites excluding steroid dienone is 3. The Balaban J connectivity index is 0.0000144. The predicted molar refractivity (Wildman–Crippen MR) is 172 cm³/mol. The van der Waals surface area contributed by atoms with Gasteiger partial charge in [-0.05, 0) is 95.3 Å². The zero-order valence-electron chi connectivity index (χ0n) is 26.4. The molecule has 1 aliphatic carbocycles. The summed E-state index contributed by atoms with van der Waals surface area (Å²) < 4.78 is 6.34. The summed E-state index contributed by atoms with van der Waals surface area (Å²) in [6.07, 6.45) is 23.6. The van der Waals surface area contributed by atoms with Crippen LogP contribution < -0.4 is 0 Å². The Morgan fingerprint density at radius 3 is 2.33 bits per heavy atom. The van der Waals surface area contributed by atoms with Crippen LogP contribution in [-0.2, 0) is 4.74 Å². The Kier molecular flexibility index (Phi) is 21.1. The molecule has 39 heavy (non-hydrogen) atoms. The number of unbranched alkanes of at least 4 members (excludes halogenated alkanes) is 7. The Bertz CT molecular complexity index is 715. The van der Waals surface area contributed by atoms with Crippen molar-refractivity contribution >= 4 is 0 Å². The first kappa shape index (κ1) is 37.9. The fraction of sp³-hybridized carbons (Fsp3) is 0.833. The number of rotatable bonds is 22. The van der Waals surface area contributed by atoms with E-state index in [-0.39, 0.29) is 13.3 Å². The summed E-state index contributed by atoms with van der Waals surface area (Å²) in [5.41, 5.74) is 3.35. The molecule has 3 heteroatoms. The highest BCUT2D eigenvalue weighted by Crippen LogP contribution is 2.34. The second-order valence-corrected chi connectivity index (χ2v) is 12.7. The van der Waals surface area contributed by atoms with E-state index in [0.717, 1.165) is 63.7 Å². The van der Waals surface area contributed by atoms with Gasteiger partial charge in [-0.1, -0.05) is 105 Å². The lowest BCUT2D eigenvalue weighted by Crippen LogP contribution is -2.23. The maximum atomic E-state index is 10.6. The molecule has 0 aromatic heterocycles. The monoisotopic (exact) mass is 549 g/mol. The van der Waals surface area contributed by atoms with Gasteiger partial charge in [-0.2, -0.15) is 0 Å². The highest BCUT2D eigenvalue weighted by molar-refractivity contribution is 5.37. The lowest BCUT2D eigenvalue weighted by atomic mass is 9.84. The Morgan fingerprint density at radius 2 is 1.64 bits per heavy atom. The van der Waals surface area contributed by atoms with E-state index in [0.29, 0.717) is 5.92 Å². The maximum absolute atomic E-state index is 10.6. The van der Waals surface area contributed by atoms with Crippen LogP contribution in [0, 0.1) is 11.8 Å². The van der Waals surface area contributed by atoms with Gasteiger partial charge in [-0.15, -0.1) is 0 Å². The molecule has 0 bridgehead atoms. The van der Waals surface area contributed by atoms with E-state index >= 15 is 0 Å². The van der Waals surface area contributed by atoms with Gasteiger partial charge in [-0.3, -0.25) is 0 Å². The first-order valence-corrected chi connectivity index (χ1v) is 16.2. The van der Waals surface area contributed by atoms with Gasteiger partial charge in [0.2, 0.25) is 0 Å². The molecule has 3 nitrogen and oxygen atoms in total. The minimum Gasteiger partial charge on any atom is -0.493 e. The molecule has 1 rings (SSSR count). The number of aliphatic hydroxyl groups is 2. The smallest absolute Gasteiger partial charge is 0.121 e. The van der Waals surface area contributed by atoms with Gasteiger partial charge in [0.1, 0.15) is 5.76 Å². The van der Waals surface area contributed by atoms with Crippen LogP contribution in [0.3, 0.4) is 0 Å². The highest BCUT2D eigenvalue weighted by Gasteiger charge is 2.26. The van der Waals surface area contributed by atoms with E-state index in [1.54, 1.807) is 0 Å². The predicted octanol–water partition coefficient (Wildman–Crippen LogP) is 10.9. The van der Waals surface area contributed by atoms with Crippen LogP contribution in [-0.4, -0.2) is 28.5 Å². The summed E-state index contributed by atoms with van der Waals surface area (Å²) >= 11 is 0. The third-order valence-corrected chi connectivity index (χ3v) is 8.63. The molecule has 0 aromatic rings. The van der Waals surface area contributed by atoms with Crippen LogP contribution in [0.5, 0.6) is 0 Å². The molecule has 0 aromatic carbocycles. The molecular formula is C36H68O3. The van der Waals surface area contributed by atoms with Crippen molar-refractivity contribution in [1.82, 2.24) is 0 Å². The van der Waals surface area contributed by atoms with Crippen molar-refractivity contribution in [2.75, 3.05) is 6.61 Å². The highest BCUT2D eigenvalue weighted by atomic mass is 16.5. The second-order valence-electron chi connectivity index (χ2n) is 12.7. The molecule has 0 spiro atoms. The maximum Gasteiger partial charge on any atom is 0.121 e. The Morgan fingerprint density at radius 1 is 1.00 bits per heavy atom. The van der Waals surface area contributed by atoms with Gasteiger partial charge in [0, 0.05) is 5.92 Å². The van der Waals surface area contributed by atoms with Crippen LogP contribution in [0.4, 0.5) is 0 Å². The SMILES string of the molecule is C.CCCCCCCCOC1=C(C)C(C)C(O)C=C1CCC(C)CCC/C(C)=C/CCC(C)(O)CCCCC. The van der Waals surface area contributed by atoms with Crippen molar-refractivity contribution in [1.29, 1.82) is 0 Å². The van der Waals surface area contributed by atoms with Crippen LogP contribution in [0.25, 0.3) is 0 Å². The molecule has 1 aliphatic rings. The lowest BCUT2D eigenvalue weighted by molar-refractivity contribution is 0.0403. The van der Waals surface area contributed by atoms with Gasteiger partial charge < -0.3 is 14.9 Å². The van der Waals surface area contributed by atoms with Crippen molar-refractivity contribution in [2.24, 2.45) is 11.8 Å². The molecule has 0 saturated heterocycles. The summed E-state index contributed by atoms with van der Waals surface area (Å²) in [5, 5.41) is 21.2. The second kappa shape index (κ2) is 21.7. The van der Waals surface area contributed by atoms with Crippen LogP contribution in [0.1, 0.15) is 165 Å². The molecule has 0 amide bonds. The van der Waals surface area contributed by atoms with Crippen molar-refractivity contribution < 1.29 is 14.9 Å². The molecule has 0 radical (unpaired) electrons. The number of hydrogen-bond acceptors (Lipinski definition) is 3. The van der Waals surface area contributed by atoms with Crippen LogP contribution in [0.15, 0.2) is 34.6 Å². The molecule has 0 saturated carbocycles. The summed E-state index contributed by atoms with van der Waals surface area (Å²) in [6.45, 7) is 16.1. The molecule has 2 N–H and O–H groups in total. The minimum atomic E-state index is -0.524. The average Bonchev–Trinajstić information content (AvgIpc) is 2.86. The average molecular weight is 549 g/mol. The summed E-state index contributed by atoms with van der Waals surface area (Å²) in [6, 6.07) is 0. The van der Waals surface area contributed by atoms with Gasteiger partial charge >= 0.3 is 0 Å². The van der Waals surface area contributed by atoms with E-state index in [4.69, 9.17) is 4.74 Å². The zero-order valence-corrected chi connectivity index (χ0v) is 26.4. The molecule has 0 heterocycles. The third-order valence-electron chi connectivity index (χ3n) is 8.63. The van der Waals surface area contributed by atoms with E-state index in [9.17, 15) is 10.2 Å². The summed E-state index contributed by atoms with van der Waals surface area (Å²) in [5.74, 6) is 1.85. The molecule has 4 atom stereocenters. The topological polar surface area (TPSA) is 49.7 Å². The first-order chi connectivity index (χ1) is 18.1. The standard InChI is InChI=1S/C35H64O3.CH4/c1-8-10-12-13-14-16-26-38-34-31(6)30(5)33(36)27-32(34)23-22-29(4)20-17-19-28(3)21-18-25-35(7,37)24-15-11-9-2;/h21,27,29-30,33,36-37H,8-20,22-26H2,1-7H3;1H4/b28-21+;. The van der Waals surface area contributed by atoms with E-state index in [1.165, 1.54) is 74.5 Å². The van der Waals surface area contributed by atoms with Gasteiger partial charge in [0.15, 0.2) is 0 Å². The largest absolute Gasteiger partial charge is 0.493 e. The molecular weight excluding hydrogens is 480 g/mol. The number of hydrogen-bond donors (Lipinski definition) is 2. The number of ether oxygens (including phenoxy) is 1. The number of aliphatic hydroxyl groups excluding tert-OH is 1.